The fourth-order valence-electron chi connectivity index (χ4n) is 2.08. The van der Waals surface area contributed by atoms with Gasteiger partial charge in [0, 0.05) is 24.8 Å². The standard InChI is InChI=1S/C15H27N3O2S/c1-11(2)8-13(5)18-21(19,20)15-7-6-14(10-17-15)9-16-12(3)4/h6-7,10-13,16,18H,8-9H2,1-5H3. The van der Waals surface area contributed by atoms with E-state index in [1.54, 1.807) is 18.3 Å². The van der Waals surface area contributed by atoms with Crippen LogP contribution in [0.5, 0.6) is 0 Å². The molecule has 6 heteroatoms. The molecule has 5 nitrogen and oxygen atoms in total. The first-order valence-electron chi connectivity index (χ1n) is 7.41. The van der Waals surface area contributed by atoms with Crippen molar-refractivity contribution in [3.05, 3.63) is 23.9 Å². The van der Waals surface area contributed by atoms with E-state index in [9.17, 15) is 8.42 Å². The first kappa shape index (κ1) is 18.1. The molecule has 0 amide bonds. The lowest BCUT2D eigenvalue weighted by Crippen LogP contribution is -2.34. The van der Waals surface area contributed by atoms with Gasteiger partial charge in [0.15, 0.2) is 5.03 Å². The van der Waals surface area contributed by atoms with Crippen LogP contribution in [-0.4, -0.2) is 25.5 Å². The van der Waals surface area contributed by atoms with Gasteiger partial charge in [0.05, 0.1) is 0 Å². The number of rotatable bonds is 8. The fraction of sp³-hybridized carbons (Fsp3) is 0.667. The second kappa shape index (κ2) is 7.87. The van der Waals surface area contributed by atoms with Crippen molar-refractivity contribution in [1.29, 1.82) is 0 Å². The average Bonchev–Trinajstić information content (AvgIpc) is 2.35. The van der Waals surface area contributed by atoms with Crippen LogP contribution in [0.25, 0.3) is 0 Å². The maximum absolute atomic E-state index is 12.2. The van der Waals surface area contributed by atoms with E-state index in [4.69, 9.17) is 0 Å². The summed E-state index contributed by atoms with van der Waals surface area (Å²) in [6.45, 7) is 10.8. The van der Waals surface area contributed by atoms with Crippen LogP contribution in [0.2, 0.25) is 0 Å². The lowest BCUT2D eigenvalue weighted by Gasteiger charge is -2.16. The van der Waals surface area contributed by atoms with Gasteiger partial charge in [0.25, 0.3) is 10.0 Å². The zero-order valence-electron chi connectivity index (χ0n) is 13.6. The third-order valence-corrected chi connectivity index (χ3v) is 4.47. The second-order valence-electron chi connectivity index (χ2n) is 6.19. The van der Waals surface area contributed by atoms with Gasteiger partial charge in [-0.15, -0.1) is 0 Å². The van der Waals surface area contributed by atoms with E-state index >= 15 is 0 Å². The molecule has 1 aromatic rings. The highest BCUT2D eigenvalue weighted by Crippen LogP contribution is 2.10. The fourth-order valence-corrected chi connectivity index (χ4v) is 3.26. The molecule has 21 heavy (non-hydrogen) atoms. The summed E-state index contributed by atoms with van der Waals surface area (Å²) in [5, 5.41) is 3.34. The molecule has 0 bridgehead atoms. The molecule has 0 aliphatic heterocycles. The van der Waals surface area contributed by atoms with Crippen molar-refractivity contribution in [3.8, 4) is 0 Å². The van der Waals surface area contributed by atoms with Gasteiger partial charge in [0.1, 0.15) is 0 Å². The molecule has 1 heterocycles. The molecule has 0 spiro atoms. The highest BCUT2D eigenvalue weighted by atomic mass is 32.2. The molecule has 2 N–H and O–H groups in total. The number of nitrogens with one attached hydrogen (secondary N) is 2. The van der Waals surface area contributed by atoms with Crippen LogP contribution < -0.4 is 10.0 Å². The number of nitrogens with zero attached hydrogens (tertiary/aromatic N) is 1. The lowest BCUT2D eigenvalue weighted by molar-refractivity contribution is 0.481. The number of pyridine rings is 1. The van der Waals surface area contributed by atoms with E-state index in [1.165, 1.54) is 0 Å². The Bertz CT molecular complexity index is 524. The van der Waals surface area contributed by atoms with Crippen LogP contribution in [0.15, 0.2) is 23.4 Å². The summed E-state index contributed by atoms with van der Waals surface area (Å²) >= 11 is 0. The molecule has 1 rings (SSSR count). The molecule has 0 fully saturated rings. The van der Waals surface area contributed by atoms with Gasteiger partial charge in [0.2, 0.25) is 0 Å². The maximum atomic E-state index is 12.2. The Morgan fingerprint density at radius 1 is 1.14 bits per heavy atom. The maximum Gasteiger partial charge on any atom is 0.258 e. The largest absolute Gasteiger partial charge is 0.310 e. The SMILES string of the molecule is CC(C)CC(C)NS(=O)(=O)c1ccc(CNC(C)C)cn1. The number of hydrogen-bond donors (Lipinski definition) is 2. The normalized spacial score (nSPS) is 13.9. The van der Waals surface area contributed by atoms with E-state index < -0.39 is 10.0 Å². The summed E-state index contributed by atoms with van der Waals surface area (Å²) in [5.74, 6) is 0.445. The van der Waals surface area contributed by atoms with Crippen LogP contribution in [0.4, 0.5) is 0 Å². The van der Waals surface area contributed by atoms with Gasteiger partial charge in [-0.1, -0.05) is 33.8 Å². The van der Waals surface area contributed by atoms with Gasteiger partial charge in [-0.25, -0.2) is 18.1 Å². The molecule has 1 aromatic heterocycles. The zero-order valence-corrected chi connectivity index (χ0v) is 14.4. The Balaban J connectivity index is 2.71. The minimum atomic E-state index is -3.53. The predicted octanol–water partition coefficient (Wildman–Crippen LogP) is 2.29. The quantitative estimate of drug-likeness (QED) is 0.772. The van der Waals surface area contributed by atoms with Crippen LogP contribution in [0, 0.1) is 5.92 Å². The van der Waals surface area contributed by atoms with Crippen LogP contribution in [0.3, 0.4) is 0 Å². The van der Waals surface area contributed by atoms with Crippen molar-refractivity contribution in [2.24, 2.45) is 5.92 Å². The van der Waals surface area contributed by atoms with E-state index in [0.29, 0.717) is 18.5 Å². The molecule has 0 aliphatic carbocycles. The molecule has 0 saturated carbocycles. The second-order valence-corrected chi connectivity index (χ2v) is 7.85. The monoisotopic (exact) mass is 313 g/mol. The van der Waals surface area contributed by atoms with Gasteiger partial charge in [-0.3, -0.25) is 0 Å². The zero-order chi connectivity index (χ0) is 16.0. The molecule has 0 aromatic carbocycles. The average molecular weight is 313 g/mol. The molecular formula is C15H27N3O2S. The Hall–Kier alpha value is -0.980. The first-order chi connectivity index (χ1) is 9.70. The summed E-state index contributed by atoms with van der Waals surface area (Å²) in [6.07, 6.45) is 2.41. The Labute approximate surface area is 128 Å². The minimum absolute atomic E-state index is 0.0754. The summed E-state index contributed by atoms with van der Waals surface area (Å²) in [4.78, 5) is 4.07. The molecule has 0 radical (unpaired) electrons. The van der Waals surface area contributed by atoms with Gasteiger partial charge in [-0.05, 0) is 30.9 Å². The van der Waals surface area contributed by atoms with Gasteiger partial charge < -0.3 is 5.32 Å². The molecule has 1 atom stereocenters. The number of aromatic nitrogens is 1. The molecule has 1 unspecified atom stereocenters. The van der Waals surface area contributed by atoms with Crippen LogP contribution in [0.1, 0.15) is 46.6 Å². The van der Waals surface area contributed by atoms with E-state index in [-0.39, 0.29) is 11.1 Å². The Kier molecular flexibility index (Phi) is 6.77. The molecular weight excluding hydrogens is 286 g/mol. The van der Waals surface area contributed by atoms with E-state index in [2.05, 4.69) is 42.7 Å². The summed E-state index contributed by atoms with van der Waals surface area (Å²) in [5.41, 5.74) is 0.970. The summed E-state index contributed by atoms with van der Waals surface area (Å²) in [6, 6.07) is 3.64. The topological polar surface area (TPSA) is 71.1 Å². The smallest absolute Gasteiger partial charge is 0.258 e. The highest BCUT2D eigenvalue weighted by molar-refractivity contribution is 7.89. The van der Waals surface area contributed by atoms with Crippen molar-refractivity contribution in [3.63, 3.8) is 0 Å². The van der Waals surface area contributed by atoms with Crippen molar-refractivity contribution >= 4 is 10.0 Å². The third-order valence-electron chi connectivity index (χ3n) is 2.97. The van der Waals surface area contributed by atoms with Gasteiger partial charge >= 0.3 is 0 Å². The minimum Gasteiger partial charge on any atom is -0.310 e. The molecule has 0 aliphatic rings. The Morgan fingerprint density at radius 3 is 2.29 bits per heavy atom. The lowest BCUT2D eigenvalue weighted by atomic mass is 10.1. The van der Waals surface area contributed by atoms with E-state index in [1.807, 2.05) is 6.92 Å². The molecule has 120 valence electrons. The van der Waals surface area contributed by atoms with Crippen molar-refractivity contribution < 1.29 is 8.42 Å². The number of hydrogen-bond acceptors (Lipinski definition) is 4. The van der Waals surface area contributed by atoms with Crippen LogP contribution in [-0.2, 0) is 16.6 Å². The van der Waals surface area contributed by atoms with Crippen molar-refractivity contribution in [1.82, 2.24) is 15.0 Å². The molecule has 0 saturated heterocycles. The first-order valence-corrected chi connectivity index (χ1v) is 8.89. The summed E-state index contributed by atoms with van der Waals surface area (Å²) < 4.78 is 27.1. The summed E-state index contributed by atoms with van der Waals surface area (Å²) in [7, 11) is -3.53. The predicted molar refractivity (Wildman–Crippen MR) is 85.5 cm³/mol. The Morgan fingerprint density at radius 2 is 1.81 bits per heavy atom. The number of sulfonamides is 1. The third kappa shape index (κ3) is 6.54. The van der Waals surface area contributed by atoms with Crippen molar-refractivity contribution in [2.75, 3.05) is 0 Å². The van der Waals surface area contributed by atoms with Crippen molar-refractivity contribution in [2.45, 2.75) is 64.7 Å². The van der Waals surface area contributed by atoms with Gasteiger partial charge in [-0.2, -0.15) is 0 Å². The van der Waals surface area contributed by atoms with E-state index in [0.717, 1.165) is 12.0 Å². The highest BCUT2D eigenvalue weighted by Gasteiger charge is 2.19. The van der Waals surface area contributed by atoms with Crippen LogP contribution >= 0.6 is 0 Å².